The zero-order valence-electron chi connectivity index (χ0n) is 25.1. The first kappa shape index (κ1) is 32.6. The van der Waals surface area contributed by atoms with Crippen molar-refractivity contribution in [2.75, 3.05) is 20.1 Å². The Labute approximate surface area is 248 Å². The molecule has 0 saturated carbocycles. The number of likely N-dealkylation sites (N-methyl/N-ethyl adjacent to an activating group) is 1. The number of hydrogen-bond acceptors (Lipinski definition) is 6. The minimum absolute atomic E-state index is 0.121. The molecular weight excluding hydrogens is 534 g/mol. The number of hydrogen-bond donors (Lipinski definition) is 5. The van der Waals surface area contributed by atoms with Crippen LogP contribution in [-0.2, 0) is 37.4 Å². The van der Waals surface area contributed by atoms with Crippen molar-refractivity contribution in [2.24, 2.45) is 5.73 Å². The third-order valence-electron chi connectivity index (χ3n) is 7.55. The molecule has 10 heteroatoms. The van der Waals surface area contributed by atoms with Crippen LogP contribution in [0, 0.1) is 0 Å². The Bertz CT molecular complexity index is 1240. The molecule has 3 rings (SSSR count). The zero-order valence-corrected chi connectivity index (χ0v) is 25.1. The van der Waals surface area contributed by atoms with E-state index in [2.05, 4.69) is 16.0 Å². The second kappa shape index (κ2) is 14.8. The third kappa shape index (κ3) is 9.30. The number of benzene rings is 2. The van der Waals surface area contributed by atoms with Gasteiger partial charge in [-0.15, -0.1) is 0 Å². The fraction of sp³-hybridized carbons (Fsp3) is 0.500. The van der Waals surface area contributed by atoms with E-state index in [0.29, 0.717) is 32.2 Å². The number of phenols is 1. The standard InChI is InChI=1S/C32H45N5O5/c1-32(2,3)23-18-22(13-14-27(23)38)20-25-29(40)35-17-15-28(39)34-16-9-8-12-26(30(41)36-25)37(4)31(42)24(33)19-21-10-6-5-7-11-21/h5-7,10-11,13-14,18,24-26,38H,8-9,12,15-17,19-20,33H2,1-4H3,(H,34,39)(H,35,40)(H,36,41)/t24-,25-,26-/m0/s1. The monoisotopic (exact) mass is 579 g/mol. The molecule has 42 heavy (non-hydrogen) atoms. The van der Waals surface area contributed by atoms with Gasteiger partial charge in [0, 0.05) is 33.0 Å². The lowest BCUT2D eigenvalue weighted by atomic mass is 9.84. The van der Waals surface area contributed by atoms with Gasteiger partial charge in [-0.1, -0.05) is 63.2 Å². The summed E-state index contributed by atoms with van der Waals surface area (Å²) >= 11 is 0. The van der Waals surface area contributed by atoms with E-state index in [-0.39, 0.29) is 42.4 Å². The van der Waals surface area contributed by atoms with Crippen molar-refractivity contribution in [1.82, 2.24) is 20.9 Å². The molecule has 4 amide bonds. The number of nitrogens with two attached hydrogens (primary N) is 1. The maximum Gasteiger partial charge on any atom is 0.243 e. The van der Waals surface area contributed by atoms with E-state index in [9.17, 15) is 24.3 Å². The second-order valence-corrected chi connectivity index (χ2v) is 12.0. The summed E-state index contributed by atoms with van der Waals surface area (Å²) in [5.41, 5.74) is 8.34. The normalized spacial score (nSPS) is 20.0. The molecule has 1 aliphatic rings. The number of nitrogens with one attached hydrogen (secondary N) is 3. The first-order chi connectivity index (χ1) is 19.9. The van der Waals surface area contributed by atoms with Gasteiger partial charge in [-0.2, -0.15) is 0 Å². The average Bonchev–Trinajstić information content (AvgIpc) is 2.94. The number of amides is 4. The van der Waals surface area contributed by atoms with Crippen LogP contribution in [0.1, 0.15) is 63.1 Å². The Hall–Kier alpha value is -3.92. The number of rotatable bonds is 6. The summed E-state index contributed by atoms with van der Waals surface area (Å²) in [4.78, 5) is 54.0. The number of carbonyl (C=O) groups excluding carboxylic acids is 4. The molecule has 0 aliphatic carbocycles. The van der Waals surface area contributed by atoms with E-state index in [1.54, 1.807) is 19.2 Å². The maximum atomic E-state index is 13.8. The van der Waals surface area contributed by atoms with Gasteiger partial charge in [0.2, 0.25) is 23.6 Å². The maximum absolute atomic E-state index is 13.8. The van der Waals surface area contributed by atoms with Crippen LogP contribution in [-0.4, -0.2) is 71.9 Å². The largest absolute Gasteiger partial charge is 0.508 e. The van der Waals surface area contributed by atoms with Crippen LogP contribution in [0.25, 0.3) is 0 Å². The van der Waals surface area contributed by atoms with Gasteiger partial charge in [0.15, 0.2) is 0 Å². The molecule has 1 aliphatic heterocycles. The molecule has 6 N–H and O–H groups in total. The van der Waals surface area contributed by atoms with Crippen LogP contribution in [0.5, 0.6) is 5.75 Å². The molecule has 228 valence electrons. The van der Waals surface area contributed by atoms with Crippen molar-refractivity contribution in [3.63, 3.8) is 0 Å². The summed E-state index contributed by atoms with van der Waals surface area (Å²) in [7, 11) is 1.56. The smallest absolute Gasteiger partial charge is 0.243 e. The minimum Gasteiger partial charge on any atom is -0.508 e. The minimum atomic E-state index is -0.968. The average molecular weight is 580 g/mol. The fourth-order valence-electron chi connectivity index (χ4n) is 5.10. The van der Waals surface area contributed by atoms with Crippen LogP contribution in [0.15, 0.2) is 48.5 Å². The molecule has 2 aromatic carbocycles. The van der Waals surface area contributed by atoms with Crippen molar-refractivity contribution in [2.45, 2.75) is 82.8 Å². The van der Waals surface area contributed by atoms with Gasteiger partial charge in [0.05, 0.1) is 6.04 Å². The third-order valence-corrected chi connectivity index (χ3v) is 7.55. The van der Waals surface area contributed by atoms with Crippen LogP contribution < -0.4 is 21.7 Å². The van der Waals surface area contributed by atoms with Crippen LogP contribution in [0.3, 0.4) is 0 Å². The molecule has 1 fully saturated rings. The van der Waals surface area contributed by atoms with Gasteiger partial charge in [-0.25, -0.2) is 0 Å². The van der Waals surface area contributed by atoms with Crippen LogP contribution >= 0.6 is 0 Å². The molecular formula is C32H45N5O5. The fourth-order valence-corrected chi connectivity index (χ4v) is 5.10. The Morgan fingerprint density at radius 1 is 1.00 bits per heavy atom. The Kier molecular flexibility index (Phi) is 11.5. The summed E-state index contributed by atoms with van der Waals surface area (Å²) in [6.45, 7) is 6.49. The first-order valence-electron chi connectivity index (χ1n) is 14.6. The molecule has 0 spiro atoms. The van der Waals surface area contributed by atoms with E-state index >= 15 is 0 Å². The molecule has 0 unspecified atom stereocenters. The summed E-state index contributed by atoms with van der Waals surface area (Å²) in [6, 6.07) is 11.9. The topological polar surface area (TPSA) is 154 Å². The predicted octanol–water partition coefficient (Wildman–Crippen LogP) is 1.92. The quantitative estimate of drug-likeness (QED) is 0.352. The van der Waals surface area contributed by atoms with Gasteiger partial charge in [-0.3, -0.25) is 19.2 Å². The SMILES string of the molecule is CN(C(=O)[C@@H](N)Cc1ccccc1)[C@H]1CCCCNC(=O)CCNC(=O)[C@H](Cc2ccc(O)c(C(C)(C)C)c2)NC1=O. The van der Waals surface area contributed by atoms with E-state index in [0.717, 1.165) is 16.7 Å². The van der Waals surface area contributed by atoms with Gasteiger partial charge in [0.25, 0.3) is 0 Å². The lowest BCUT2D eigenvalue weighted by Crippen LogP contribution is -2.57. The molecule has 0 bridgehead atoms. The van der Waals surface area contributed by atoms with Crippen molar-refractivity contribution in [3.8, 4) is 5.75 Å². The highest BCUT2D eigenvalue weighted by atomic mass is 16.3. The first-order valence-corrected chi connectivity index (χ1v) is 14.6. The summed E-state index contributed by atoms with van der Waals surface area (Å²) in [5, 5.41) is 18.9. The molecule has 0 radical (unpaired) electrons. The van der Waals surface area contributed by atoms with E-state index in [4.69, 9.17) is 5.73 Å². The van der Waals surface area contributed by atoms with E-state index < -0.39 is 29.9 Å². The van der Waals surface area contributed by atoms with Crippen molar-refractivity contribution in [3.05, 3.63) is 65.2 Å². The number of aromatic hydroxyl groups is 1. The van der Waals surface area contributed by atoms with Gasteiger partial charge in [0.1, 0.15) is 17.8 Å². The molecule has 1 heterocycles. The lowest BCUT2D eigenvalue weighted by Gasteiger charge is -2.31. The van der Waals surface area contributed by atoms with Gasteiger partial charge < -0.3 is 31.7 Å². The second-order valence-electron chi connectivity index (χ2n) is 12.0. The molecule has 10 nitrogen and oxygen atoms in total. The molecule has 2 aromatic rings. The number of phenolic OH excluding ortho intramolecular Hbond substituents is 1. The van der Waals surface area contributed by atoms with E-state index in [1.165, 1.54) is 4.90 Å². The van der Waals surface area contributed by atoms with Gasteiger partial charge in [-0.05, 0) is 53.9 Å². The van der Waals surface area contributed by atoms with Crippen LogP contribution in [0.2, 0.25) is 0 Å². The van der Waals surface area contributed by atoms with Gasteiger partial charge >= 0.3 is 0 Å². The zero-order chi connectivity index (χ0) is 30.9. The lowest BCUT2D eigenvalue weighted by molar-refractivity contribution is -0.141. The Morgan fingerprint density at radius 2 is 1.71 bits per heavy atom. The number of carbonyl (C=O) groups is 4. The molecule has 0 aromatic heterocycles. The highest BCUT2D eigenvalue weighted by Gasteiger charge is 2.32. The highest BCUT2D eigenvalue weighted by Crippen LogP contribution is 2.31. The molecule has 3 atom stereocenters. The highest BCUT2D eigenvalue weighted by molar-refractivity contribution is 5.93. The molecule has 1 saturated heterocycles. The van der Waals surface area contributed by atoms with Crippen LogP contribution in [0.4, 0.5) is 0 Å². The Morgan fingerprint density at radius 3 is 2.40 bits per heavy atom. The van der Waals surface area contributed by atoms with Crippen molar-refractivity contribution >= 4 is 23.6 Å². The van der Waals surface area contributed by atoms with Crippen molar-refractivity contribution < 1.29 is 24.3 Å². The van der Waals surface area contributed by atoms with Crippen molar-refractivity contribution in [1.29, 1.82) is 0 Å². The van der Waals surface area contributed by atoms with E-state index in [1.807, 2.05) is 57.2 Å². The summed E-state index contributed by atoms with van der Waals surface area (Å²) in [5.74, 6) is -1.27. The predicted molar refractivity (Wildman–Crippen MR) is 162 cm³/mol. The Balaban J connectivity index is 1.86. The number of nitrogens with zero attached hydrogens (tertiary/aromatic N) is 1. The summed E-state index contributed by atoms with van der Waals surface area (Å²) in [6.07, 6.45) is 2.15. The summed E-state index contributed by atoms with van der Waals surface area (Å²) < 4.78 is 0.